The molecule has 1 aromatic heterocycles. The Labute approximate surface area is 126 Å². The topological polar surface area (TPSA) is 84.4 Å². The number of nitrogens with one attached hydrogen (secondary N) is 1. The molecule has 0 bridgehead atoms. The van der Waals surface area contributed by atoms with Gasteiger partial charge >= 0.3 is 5.97 Å². The fourth-order valence-corrected chi connectivity index (χ4v) is 2.13. The molecule has 7 heteroatoms. The summed E-state index contributed by atoms with van der Waals surface area (Å²) in [5.41, 5.74) is -0.512. The highest BCUT2D eigenvalue weighted by molar-refractivity contribution is 5.87. The second-order valence-electron chi connectivity index (χ2n) is 5.20. The van der Waals surface area contributed by atoms with Crippen molar-refractivity contribution in [2.75, 3.05) is 14.2 Å². The van der Waals surface area contributed by atoms with Crippen LogP contribution in [0.15, 0.2) is 18.2 Å². The summed E-state index contributed by atoms with van der Waals surface area (Å²) in [6.07, 6.45) is 0. The van der Waals surface area contributed by atoms with Gasteiger partial charge in [0.2, 0.25) is 0 Å². The quantitative estimate of drug-likeness (QED) is 0.887. The molecule has 0 amide bonds. The summed E-state index contributed by atoms with van der Waals surface area (Å²) >= 11 is 0. The average molecular weight is 308 g/mol. The molecular weight excluding hydrogens is 291 g/mol. The van der Waals surface area contributed by atoms with E-state index in [9.17, 15) is 9.18 Å². The van der Waals surface area contributed by atoms with Crippen LogP contribution >= 0.6 is 0 Å². The second kappa shape index (κ2) is 5.67. The molecule has 1 heterocycles. The highest BCUT2D eigenvalue weighted by Gasteiger charge is 2.27. The molecule has 22 heavy (non-hydrogen) atoms. The maximum atomic E-state index is 14.5. The van der Waals surface area contributed by atoms with Crippen molar-refractivity contribution >= 4 is 5.97 Å². The number of methoxy groups -OCH3 is 2. The number of carbonyl (C=O) groups is 1. The van der Waals surface area contributed by atoms with E-state index in [1.54, 1.807) is 12.1 Å². The van der Waals surface area contributed by atoms with Gasteiger partial charge in [0.1, 0.15) is 11.4 Å². The van der Waals surface area contributed by atoms with Crippen LogP contribution in [0.3, 0.4) is 0 Å². The van der Waals surface area contributed by atoms with Gasteiger partial charge in [0.15, 0.2) is 11.5 Å². The summed E-state index contributed by atoms with van der Waals surface area (Å²) in [6, 6.07) is 4.57. The minimum absolute atomic E-state index is 0.0501. The molecule has 0 radical (unpaired) electrons. The van der Waals surface area contributed by atoms with Gasteiger partial charge in [-0.05, 0) is 32.0 Å². The highest BCUT2D eigenvalue weighted by Crippen LogP contribution is 2.42. The van der Waals surface area contributed by atoms with Gasteiger partial charge in [-0.2, -0.15) is 5.10 Å². The molecule has 1 aromatic carbocycles. The van der Waals surface area contributed by atoms with E-state index in [4.69, 9.17) is 14.6 Å². The first-order valence-electron chi connectivity index (χ1n) is 6.52. The first kappa shape index (κ1) is 15.8. The number of nitrogens with zero attached hydrogens (tertiary/aromatic N) is 1. The molecule has 0 unspecified atom stereocenters. The number of aromatic amines is 1. The number of carboxylic acid groups (broad SMARTS) is 1. The van der Waals surface area contributed by atoms with Crippen LogP contribution in [0.4, 0.5) is 4.39 Å². The molecule has 2 rings (SSSR count). The van der Waals surface area contributed by atoms with Crippen LogP contribution in [-0.2, 0) is 5.67 Å². The van der Waals surface area contributed by atoms with Gasteiger partial charge in [-0.3, -0.25) is 5.10 Å². The number of aromatic carboxylic acids is 1. The maximum absolute atomic E-state index is 14.5. The third kappa shape index (κ3) is 2.88. The third-order valence-electron chi connectivity index (χ3n) is 3.22. The Bertz CT molecular complexity index is 704. The zero-order chi connectivity index (χ0) is 16.5. The van der Waals surface area contributed by atoms with E-state index in [1.165, 1.54) is 34.1 Å². The molecular formula is C15H17FN2O4. The van der Waals surface area contributed by atoms with Crippen molar-refractivity contribution in [3.8, 4) is 22.8 Å². The molecule has 0 aliphatic heterocycles. The van der Waals surface area contributed by atoms with Crippen molar-refractivity contribution in [1.29, 1.82) is 0 Å². The molecule has 0 aliphatic rings. The number of rotatable bonds is 5. The minimum Gasteiger partial charge on any atom is -0.493 e. The number of hydrogen-bond donors (Lipinski definition) is 2. The molecule has 0 fully saturated rings. The van der Waals surface area contributed by atoms with Crippen LogP contribution in [0, 0.1) is 0 Å². The number of halogens is 1. The minimum atomic E-state index is -1.67. The molecule has 0 aliphatic carbocycles. The molecule has 6 nitrogen and oxygen atoms in total. The van der Waals surface area contributed by atoms with E-state index in [2.05, 4.69) is 10.2 Å². The predicted octanol–water partition coefficient (Wildman–Crippen LogP) is 3.00. The molecule has 0 spiro atoms. The van der Waals surface area contributed by atoms with Gasteiger partial charge in [0.25, 0.3) is 0 Å². The van der Waals surface area contributed by atoms with Crippen LogP contribution in [0.2, 0.25) is 0 Å². The van der Waals surface area contributed by atoms with Crippen LogP contribution in [0.5, 0.6) is 11.5 Å². The SMILES string of the molecule is COc1cc(-c2cc(C(=O)O)[nH]n2)cc(C(C)(C)F)c1OC. The summed E-state index contributed by atoms with van der Waals surface area (Å²) in [5, 5.41) is 15.3. The molecule has 0 saturated carbocycles. The molecule has 0 saturated heterocycles. The van der Waals surface area contributed by atoms with E-state index in [-0.39, 0.29) is 5.69 Å². The summed E-state index contributed by atoms with van der Waals surface area (Å²) in [7, 11) is 2.88. The lowest BCUT2D eigenvalue weighted by molar-refractivity contribution is 0.0690. The lowest BCUT2D eigenvalue weighted by atomic mass is 9.95. The Balaban J connectivity index is 2.64. The molecule has 118 valence electrons. The lowest BCUT2D eigenvalue weighted by Crippen LogP contribution is -2.12. The van der Waals surface area contributed by atoms with Crippen LogP contribution < -0.4 is 9.47 Å². The summed E-state index contributed by atoms with van der Waals surface area (Å²) < 4.78 is 24.9. The first-order chi connectivity index (χ1) is 10.3. The van der Waals surface area contributed by atoms with Crippen molar-refractivity contribution in [1.82, 2.24) is 10.2 Å². The number of H-pyrrole nitrogens is 1. The zero-order valence-corrected chi connectivity index (χ0v) is 12.7. The van der Waals surface area contributed by atoms with Crippen molar-refractivity contribution in [2.24, 2.45) is 0 Å². The smallest absolute Gasteiger partial charge is 0.353 e. The Morgan fingerprint density at radius 2 is 1.95 bits per heavy atom. The van der Waals surface area contributed by atoms with Gasteiger partial charge in [-0.15, -0.1) is 0 Å². The highest BCUT2D eigenvalue weighted by atomic mass is 19.1. The number of ether oxygens (including phenoxy) is 2. The lowest BCUT2D eigenvalue weighted by Gasteiger charge is -2.21. The van der Waals surface area contributed by atoms with E-state index in [0.29, 0.717) is 28.3 Å². The Hall–Kier alpha value is -2.57. The molecule has 0 atom stereocenters. The van der Waals surface area contributed by atoms with Crippen molar-refractivity contribution in [2.45, 2.75) is 19.5 Å². The Morgan fingerprint density at radius 1 is 1.27 bits per heavy atom. The summed E-state index contributed by atoms with van der Waals surface area (Å²) in [4.78, 5) is 10.9. The largest absolute Gasteiger partial charge is 0.493 e. The number of benzene rings is 1. The fraction of sp³-hybridized carbons (Fsp3) is 0.333. The van der Waals surface area contributed by atoms with Crippen molar-refractivity contribution in [3.05, 3.63) is 29.5 Å². The monoisotopic (exact) mass is 308 g/mol. The van der Waals surface area contributed by atoms with Gasteiger partial charge in [-0.1, -0.05) is 0 Å². The third-order valence-corrected chi connectivity index (χ3v) is 3.22. The van der Waals surface area contributed by atoms with Gasteiger partial charge in [0, 0.05) is 11.1 Å². The van der Waals surface area contributed by atoms with E-state index < -0.39 is 11.6 Å². The van der Waals surface area contributed by atoms with Gasteiger partial charge in [-0.25, -0.2) is 9.18 Å². The van der Waals surface area contributed by atoms with Crippen molar-refractivity contribution < 1.29 is 23.8 Å². The van der Waals surface area contributed by atoms with E-state index in [0.717, 1.165) is 0 Å². The molecule has 2 N–H and O–H groups in total. The van der Waals surface area contributed by atoms with Crippen molar-refractivity contribution in [3.63, 3.8) is 0 Å². The van der Waals surface area contributed by atoms with Gasteiger partial charge < -0.3 is 14.6 Å². The Morgan fingerprint density at radius 3 is 2.41 bits per heavy atom. The summed E-state index contributed by atoms with van der Waals surface area (Å²) in [6.45, 7) is 2.81. The normalized spacial score (nSPS) is 11.3. The van der Waals surface area contributed by atoms with Crippen LogP contribution in [0.1, 0.15) is 29.9 Å². The molecule has 2 aromatic rings. The van der Waals surface area contributed by atoms with Gasteiger partial charge in [0.05, 0.1) is 19.9 Å². The van der Waals surface area contributed by atoms with E-state index in [1.807, 2.05) is 0 Å². The Kier molecular flexibility index (Phi) is 4.07. The van der Waals surface area contributed by atoms with Crippen LogP contribution in [0.25, 0.3) is 11.3 Å². The predicted molar refractivity (Wildman–Crippen MR) is 78.2 cm³/mol. The first-order valence-corrected chi connectivity index (χ1v) is 6.52. The standard InChI is InChI=1S/C15H17FN2O4/c1-15(2,16)9-5-8(6-12(21-3)13(9)22-4)10-7-11(14(19)20)18-17-10/h5-7H,1-4H3,(H,17,18)(H,19,20). The fourth-order valence-electron chi connectivity index (χ4n) is 2.13. The zero-order valence-electron chi connectivity index (χ0n) is 12.7. The number of alkyl halides is 1. The number of carboxylic acids is 1. The van der Waals surface area contributed by atoms with Crippen LogP contribution in [-0.4, -0.2) is 35.5 Å². The maximum Gasteiger partial charge on any atom is 0.353 e. The number of aromatic nitrogens is 2. The number of hydrogen-bond acceptors (Lipinski definition) is 4. The average Bonchev–Trinajstić information content (AvgIpc) is 2.94. The van der Waals surface area contributed by atoms with E-state index >= 15 is 0 Å². The second-order valence-corrected chi connectivity index (χ2v) is 5.20. The summed E-state index contributed by atoms with van der Waals surface area (Å²) in [5.74, 6) is -0.474.